The minimum absolute atomic E-state index is 0.00350. The van der Waals surface area contributed by atoms with Gasteiger partial charge in [-0.25, -0.2) is 14.2 Å². The fourth-order valence-electron chi connectivity index (χ4n) is 7.16. The minimum atomic E-state index is -0.953. The van der Waals surface area contributed by atoms with E-state index in [1.54, 1.807) is 18.3 Å². The number of piperazine rings is 1. The van der Waals surface area contributed by atoms with Crippen LogP contribution in [0.4, 0.5) is 14.9 Å². The molecule has 46 heavy (non-hydrogen) atoms. The first-order valence-electron chi connectivity index (χ1n) is 15.8. The molecule has 2 bridgehead atoms. The number of benzene rings is 1. The van der Waals surface area contributed by atoms with Gasteiger partial charge in [0, 0.05) is 36.3 Å². The number of nitrogens with one attached hydrogen (secondary N) is 1. The number of allylic oxidation sites excluding steroid dienone is 1. The minimum Gasteiger partial charge on any atom is -0.465 e. The summed E-state index contributed by atoms with van der Waals surface area (Å²) in [5, 5.41) is 24.0. The molecule has 240 valence electrons. The van der Waals surface area contributed by atoms with Crippen LogP contribution in [0.1, 0.15) is 75.8 Å². The predicted octanol–water partition coefficient (Wildman–Crippen LogP) is 5.70. The molecule has 3 saturated heterocycles. The fraction of sp³-hybridized carbons (Fsp3) is 0.457. The number of aliphatic imine (C=N–C) groups is 1. The lowest BCUT2D eigenvalue weighted by molar-refractivity contribution is -0.111. The number of aromatic nitrogens is 1. The van der Waals surface area contributed by atoms with Crippen molar-refractivity contribution in [1.82, 2.24) is 20.1 Å². The second kappa shape index (κ2) is 11.3. The highest BCUT2D eigenvalue weighted by Crippen LogP contribution is 2.44. The van der Waals surface area contributed by atoms with Crippen molar-refractivity contribution in [3.05, 3.63) is 75.6 Å². The fourth-order valence-corrected chi connectivity index (χ4v) is 7.16. The molecule has 3 atom stereocenters. The number of piperidine rings is 2. The first-order valence-corrected chi connectivity index (χ1v) is 15.8. The van der Waals surface area contributed by atoms with Crippen LogP contribution in [-0.2, 0) is 4.79 Å². The molecule has 1 aromatic heterocycles. The number of amides is 1. The Morgan fingerprint density at radius 2 is 1.87 bits per heavy atom. The lowest BCUT2D eigenvalue weighted by Gasteiger charge is -2.55. The highest BCUT2D eigenvalue weighted by molar-refractivity contribution is 6.37. The van der Waals surface area contributed by atoms with Crippen molar-refractivity contribution in [1.29, 1.82) is 5.26 Å². The number of hydrogen-bond donors (Lipinski definition) is 2. The van der Waals surface area contributed by atoms with Crippen molar-refractivity contribution in [2.24, 2.45) is 10.4 Å². The van der Waals surface area contributed by atoms with Crippen molar-refractivity contribution in [2.45, 2.75) is 85.5 Å². The largest absolute Gasteiger partial charge is 0.465 e. The number of carbonyl (C=O) groups excluding carboxylic acids is 1. The first kappa shape index (κ1) is 31.3. The third-order valence-corrected chi connectivity index (χ3v) is 9.44. The van der Waals surface area contributed by atoms with Gasteiger partial charge in [0.05, 0.1) is 23.1 Å². The Bertz CT molecular complexity index is 1780. The number of amidine groups is 1. The Kier molecular flexibility index (Phi) is 7.66. The molecule has 0 aliphatic carbocycles. The normalized spacial score (nSPS) is 23.0. The van der Waals surface area contributed by atoms with E-state index < -0.39 is 29.3 Å². The van der Waals surface area contributed by atoms with Crippen LogP contribution in [-0.4, -0.2) is 68.9 Å². The number of anilines is 1. The maximum Gasteiger partial charge on any atom is 0.407 e. The Hall–Kier alpha value is -4.72. The number of halogens is 1. The van der Waals surface area contributed by atoms with Crippen LogP contribution in [0, 0.1) is 36.4 Å². The van der Waals surface area contributed by atoms with Gasteiger partial charge in [-0.15, -0.1) is 0 Å². The van der Waals surface area contributed by atoms with Gasteiger partial charge in [-0.05, 0) is 56.4 Å². The van der Waals surface area contributed by atoms with Gasteiger partial charge >= 0.3 is 6.09 Å². The first-order chi connectivity index (χ1) is 21.7. The van der Waals surface area contributed by atoms with Crippen LogP contribution in [0.25, 0.3) is 5.70 Å². The second-order valence-corrected chi connectivity index (χ2v) is 14.1. The number of Topliss-reactive ketones (excluding diaryl/α,β-unsaturated/α-hetero) is 1. The standard InChI is InChI=1S/C35H40FN7O3/c1-18(2)27-29(20(4)12-13-38-27)43-32-26(30(44)24(15-37)28(39-32)23-14-19(3)8-11-25(23)36)31(40-33(43)35(5,6)7)41-16-22-10-9-21(41)17-42(22)34(45)46/h8,11-14,18,21-22,33,40H,9-10,16-17H2,1-7H3,(H,45,46). The van der Waals surface area contributed by atoms with Gasteiger partial charge in [-0.2, -0.15) is 5.26 Å². The van der Waals surface area contributed by atoms with Gasteiger partial charge in [-0.3, -0.25) is 9.78 Å². The molecule has 0 radical (unpaired) electrons. The lowest BCUT2D eigenvalue weighted by atomic mass is 9.84. The molecule has 7 rings (SSSR count). The molecule has 6 heterocycles. The molecule has 1 amide bonds. The van der Waals surface area contributed by atoms with E-state index in [1.165, 1.54) is 11.0 Å². The summed E-state index contributed by atoms with van der Waals surface area (Å²) < 4.78 is 15.5. The zero-order valence-electron chi connectivity index (χ0n) is 27.3. The molecule has 5 aliphatic heterocycles. The monoisotopic (exact) mass is 625 g/mol. The van der Waals surface area contributed by atoms with E-state index in [2.05, 4.69) is 50.9 Å². The summed E-state index contributed by atoms with van der Waals surface area (Å²) in [6.45, 7) is 14.9. The van der Waals surface area contributed by atoms with Crippen LogP contribution < -0.4 is 10.2 Å². The number of nitriles is 1. The molecule has 1 aromatic carbocycles. The number of aryl methyl sites for hydroxylation is 2. The van der Waals surface area contributed by atoms with Crippen LogP contribution in [0.15, 0.2) is 52.4 Å². The van der Waals surface area contributed by atoms with E-state index in [9.17, 15) is 20.0 Å². The van der Waals surface area contributed by atoms with Crippen LogP contribution in [0.3, 0.4) is 0 Å². The average Bonchev–Trinajstić information content (AvgIpc) is 3.01. The van der Waals surface area contributed by atoms with Gasteiger partial charge in [0.25, 0.3) is 0 Å². The Balaban J connectivity index is 1.66. The molecule has 3 unspecified atom stereocenters. The molecule has 2 N–H and O–H groups in total. The van der Waals surface area contributed by atoms with Crippen molar-refractivity contribution in [3.8, 4) is 6.07 Å². The second-order valence-electron chi connectivity index (χ2n) is 14.1. The van der Waals surface area contributed by atoms with Gasteiger partial charge in [-0.1, -0.05) is 46.2 Å². The Morgan fingerprint density at radius 1 is 1.15 bits per heavy atom. The van der Waals surface area contributed by atoms with E-state index in [1.807, 2.05) is 24.8 Å². The van der Waals surface area contributed by atoms with Gasteiger partial charge in [0.1, 0.15) is 35.0 Å². The number of pyridine rings is 1. The van der Waals surface area contributed by atoms with Crippen molar-refractivity contribution < 1.29 is 19.1 Å². The molecule has 3 fully saturated rings. The number of carbonyl (C=O) groups is 2. The van der Waals surface area contributed by atoms with E-state index in [0.717, 1.165) is 35.3 Å². The molecular formula is C35H40FN7O3. The van der Waals surface area contributed by atoms with Crippen molar-refractivity contribution >= 4 is 29.1 Å². The van der Waals surface area contributed by atoms with Gasteiger partial charge < -0.3 is 25.1 Å². The maximum atomic E-state index is 15.5. The van der Waals surface area contributed by atoms with E-state index >= 15 is 4.39 Å². The van der Waals surface area contributed by atoms with Crippen molar-refractivity contribution in [2.75, 3.05) is 18.0 Å². The molecule has 0 spiro atoms. The molecule has 11 heteroatoms. The SMILES string of the molecule is Cc1ccc(F)c(C2=C(C#N)C(=O)C3=C(N4CC5CCC4CN5C(=O)O)NC(C(C)(C)C)N(c4c(C)ccnc4C(C)C)C3=N2)c1. The zero-order chi connectivity index (χ0) is 33.2. The molecule has 5 aliphatic rings. The Labute approximate surface area is 268 Å². The van der Waals surface area contributed by atoms with Crippen molar-refractivity contribution in [3.63, 3.8) is 0 Å². The van der Waals surface area contributed by atoms with E-state index in [4.69, 9.17) is 9.98 Å². The molecule has 2 aromatic rings. The zero-order valence-corrected chi connectivity index (χ0v) is 27.3. The van der Waals surface area contributed by atoms with E-state index in [-0.39, 0.29) is 40.4 Å². The highest BCUT2D eigenvalue weighted by Gasteiger charge is 2.50. The summed E-state index contributed by atoms with van der Waals surface area (Å²) >= 11 is 0. The lowest BCUT2D eigenvalue weighted by Crippen LogP contribution is -2.68. The summed E-state index contributed by atoms with van der Waals surface area (Å²) in [7, 11) is 0. The number of hydrogen-bond acceptors (Lipinski definition) is 8. The topological polar surface area (TPSA) is 125 Å². The average molecular weight is 626 g/mol. The summed E-state index contributed by atoms with van der Waals surface area (Å²) in [6.07, 6.45) is 1.87. The summed E-state index contributed by atoms with van der Waals surface area (Å²) in [5.41, 5.74) is 2.95. The van der Waals surface area contributed by atoms with Crippen LogP contribution in [0.2, 0.25) is 0 Å². The number of fused-ring (bicyclic) bond motifs is 4. The molecular weight excluding hydrogens is 585 g/mol. The number of ketones is 1. The number of nitrogens with zero attached hydrogens (tertiary/aromatic N) is 6. The number of carboxylic acid groups (broad SMARTS) is 1. The third-order valence-electron chi connectivity index (χ3n) is 9.44. The van der Waals surface area contributed by atoms with Gasteiger partial charge in [0.2, 0.25) is 5.78 Å². The maximum absolute atomic E-state index is 15.5. The van der Waals surface area contributed by atoms with Crippen LogP contribution in [0.5, 0.6) is 0 Å². The quantitative estimate of drug-likeness (QED) is 0.444. The summed E-state index contributed by atoms with van der Waals surface area (Å²) in [6, 6.07) is 8.15. The van der Waals surface area contributed by atoms with Gasteiger partial charge in [0.15, 0.2) is 5.84 Å². The highest BCUT2D eigenvalue weighted by atomic mass is 19.1. The smallest absolute Gasteiger partial charge is 0.407 e. The molecule has 0 saturated carbocycles. The van der Waals surface area contributed by atoms with Crippen LogP contribution >= 0.6 is 0 Å². The summed E-state index contributed by atoms with van der Waals surface area (Å²) in [5.74, 6) is -0.240. The predicted molar refractivity (Wildman–Crippen MR) is 173 cm³/mol. The third kappa shape index (κ3) is 5.00. The summed E-state index contributed by atoms with van der Waals surface area (Å²) in [4.78, 5) is 42.2. The number of rotatable bonds is 4. The Morgan fingerprint density at radius 3 is 2.48 bits per heavy atom. The molecule has 10 nitrogen and oxygen atoms in total. The van der Waals surface area contributed by atoms with E-state index in [0.29, 0.717) is 24.7 Å².